The van der Waals surface area contributed by atoms with Gasteiger partial charge in [0.05, 0.1) is 10.6 Å². The van der Waals surface area contributed by atoms with Crippen molar-refractivity contribution in [1.29, 1.82) is 0 Å². The van der Waals surface area contributed by atoms with Crippen LogP contribution < -0.4 is 5.32 Å². The van der Waals surface area contributed by atoms with Crippen LogP contribution in [0.5, 0.6) is 0 Å². The molecular weight excluding hydrogens is 244 g/mol. The highest BCUT2D eigenvalue weighted by Gasteiger charge is 2.16. The molecule has 2 rings (SSSR count). The van der Waals surface area contributed by atoms with E-state index in [1.807, 2.05) is 20.2 Å². The Kier molecular flexibility index (Phi) is 3.50. The van der Waals surface area contributed by atoms with Gasteiger partial charge in [-0.15, -0.1) is 0 Å². The quantitative estimate of drug-likeness (QED) is 0.677. The number of hydrogen-bond donors (Lipinski definition) is 1. The number of hydrogen-bond acceptors (Lipinski definition) is 4. The molecule has 0 radical (unpaired) electrons. The fourth-order valence-electron chi connectivity index (χ4n) is 2.06. The molecule has 1 N–H and O–H groups in total. The SMILES string of the molecule is Cc1cccc(NCc2cn(C)nc2C)c1[N+](=O)[O-]. The minimum atomic E-state index is -0.353. The van der Waals surface area contributed by atoms with Crippen LogP contribution in [0.1, 0.15) is 16.8 Å². The Hall–Kier alpha value is -2.37. The number of anilines is 1. The molecule has 1 aromatic carbocycles. The van der Waals surface area contributed by atoms with E-state index in [9.17, 15) is 10.1 Å². The molecule has 100 valence electrons. The minimum absolute atomic E-state index is 0.129. The van der Waals surface area contributed by atoms with E-state index in [2.05, 4.69) is 10.4 Å². The Morgan fingerprint density at radius 1 is 1.42 bits per heavy atom. The van der Waals surface area contributed by atoms with E-state index in [0.717, 1.165) is 11.3 Å². The topological polar surface area (TPSA) is 73.0 Å². The first kappa shape index (κ1) is 13.1. The molecule has 0 fully saturated rings. The molecule has 0 aliphatic carbocycles. The van der Waals surface area contributed by atoms with E-state index < -0.39 is 0 Å². The zero-order chi connectivity index (χ0) is 14.0. The van der Waals surface area contributed by atoms with E-state index >= 15 is 0 Å². The summed E-state index contributed by atoms with van der Waals surface area (Å²) in [6.07, 6.45) is 1.91. The molecule has 0 saturated carbocycles. The molecule has 2 aromatic rings. The van der Waals surface area contributed by atoms with Crippen molar-refractivity contribution >= 4 is 11.4 Å². The molecule has 0 atom stereocenters. The number of benzene rings is 1. The minimum Gasteiger partial charge on any atom is -0.375 e. The zero-order valence-electron chi connectivity index (χ0n) is 11.2. The van der Waals surface area contributed by atoms with Crippen molar-refractivity contribution in [1.82, 2.24) is 9.78 Å². The van der Waals surface area contributed by atoms with Crippen LogP contribution in [0.2, 0.25) is 0 Å². The van der Waals surface area contributed by atoms with Gasteiger partial charge < -0.3 is 5.32 Å². The van der Waals surface area contributed by atoms with Gasteiger partial charge in [0, 0.05) is 30.9 Å². The molecule has 0 amide bonds. The second-order valence-electron chi connectivity index (χ2n) is 4.50. The number of nitro groups is 1. The molecular formula is C13H16N4O2. The highest BCUT2D eigenvalue weighted by Crippen LogP contribution is 2.28. The van der Waals surface area contributed by atoms with Crippen molar-refractivity contribution in [2.24, 2.45) is 7.05 Å². The Labute approximate surface area is 111 Å². The fourth-order valence-corrected chi connectivity index (χ4v) is 2.06. The van der Waals surface area contributed by atoms with Gasteiger partial charge in [-0.3, -0.25) is 14.8 Å². The zero-order valence-corrected chi connectivity index (χ0v) is 11.2. The summed E-state index contributed by atoms with van der Waals surface area (Å²) < 4.78 is 1.73. The van der Waals surface area contributed by atoms with Crippen LogP contribution in [-0.2, 0) is 13.6 Å². The molecule has 0 spiro atoms. The van der Waals surface area contributed by atoms with Crippen LogP contribution in [-0.4, -0.2) is 14.7 Å². The molecule has 6 nitrogen and oxygen atoms in total. The lowest BCUT2D eigenvalue weighted by atomic mass is 10.1. The Morgan fingerprint density at radius 3 is 2.74 bits per heavy atom. The van der Waals surface area contributed by atoms with Crippen molar-refractivity contribution in [3.8, 4) is 0 Å². The highest BCUT2D eigenvalue weighted by molar-refractivity contribution is 5.65. The normalized spacial score (nSPS) is 10.5. The molecule has 0 saturated heterocycles. The summed E-state index contributed by atoms with van der Waals surface area (Å²) in [7, 11) is 1.85. The molecule has 1 heterocycles. The molecule has 1 aromatic heterocycles. The average molecular weight is 260 g/mol. The Morgan fingerprint density at radius 2 is 2.16 bits per heavy atom. The maximum absolute atomic E-state index is 11.1. The summed E-state index contributed by atoms with van der Waals surface area (Å²) in [6.45, 7) is 4.17. The van der Waals surface area contributed by atoms with E-state index in [4.69, 9.17) is 0 Å². The van der Waals surface area contributed by atoms with Crippen LogP contribution in [0, 0.1) is 24.0 Å². The van der Waals surface area contributed by atoms with Gasteiger partial charge in [-0.05, 0) is 19.9 Å². The van der Waals surface area contributed by atoms with E-state index in [1.165, 1.54) is 0 Å². The van der Waals surface area contributed by atoms with Gasteiger partial charge in [-0.1, -0.05) is 12.1 Å². The van der Waals surface area contributed by atoms with Crippen LogP contribution in [0.25, 0.3) is 0 Å². The number of nitrogens with zero attached hydrogens (tertiary/aromatic N) is 3. The molecule has 0 bridgehead atoms. The lowest BCUT2D eigenvalue weighted by Crippen LogP contribution is -2.04. The third-order valence-corrected chi connectivity index (χ3v) is 3.00. The van der Waals surface area contributed by atoms with Crippen LogP contribution in [0.4, 0.5) is 11.4 Å². The number of aromatic nitrogens is 2. The van der Waals surface area contributed by atoms with Crippen LogP contribution in [0.15, 0.2) is 24.4 Å². The number of aryl methyl sites for hydroxylation is 3. The van der Waals surface area contributed by atoms with Gasteiger partial charge in [-0.2, -0.15) is 5.10 Å². The molecule has 6 heteroatoms. The number of nitrogens with one attached hydrogen (secondary N) is 1. The number of nitro benzene ring substituents is 1. The van der Waals surface area contributed by atoms with Crippen molar-refractivity contribution in [3.05, 3.63) is 51.3 Å². The first-order valence-electron chi connectivity index (χ1n) is 5.96. The second-order valence-corrected chi connectivity index (χ2v) is 4.50. The lowest BCUT2D eigenvalue weighted by molar-refractivity contribution is -0.384. The highest BCUT2D eigenvalue weighted by atomic mass is 16.6. The van der Waals surface area contributed by atoms with Gasteiger partial charge in [0.25, 0.3) is 5.69 Å². The predicted octanol–water partition coefficient (Wildman–Crippen LogP) is 2.56. The van der Waals surface area contributed by atoms with E-state index in [-0.39, 0.29) is 10.6 Å². The predicted molar refractivity (Wildman–Crippen MR) is 73.1 cm³/mol. The van der Waals surface area contributed by atoms with Gasteiger partial charge in [0.1, 0.15) is 5.69 Å². The van der Waals surface area contributed by atoms with Gasteiger partial charge in [0.2, 0.25) is 0 Å². The summed E-state index contributed by atoms with van der Waals surface area (Å²) in [5.74, 6) is 0. The van der Waals surface area contributed by atoms with Crippen LogP contribution in [0.3, 0.4) is 0 Å². The lowest BCUT2D eigenvalue weighted by Gasteiger charge is -2.07. The number of rotatable bonds is 4. The maximum atomic E-state index is 11.1. The number of para-hydroxylation sites is 1. The average Bonchev–Trinajstić information content (AvgIpc) is 2.64. The van der Waals surface area contributed by atoms with Crippen molar-refractivity contribution < 1.29 is 4.92 Å². The van der Waals surface area contributed by atoms with Gasteiger partial charge >= 0.3 is 0 Å². The largest absolute Gasteiger partial charge is 0.375 e. The van der Waals surface area contributed by atoms with Crippen molar-refractivity contribution in [2.45, 2.75) is 20.4 Å². The Balaban J connectivity index is 2.22. The smallest absolute Gasteiger partial charge is 0.295 e. The fraction of sp³-hybridized carbons (Fsp3) is 0.308. The third-order valence-electron chi connectivity index (χ3n) is 3.00. The monoisotopic (exact) mass is 260 g/mol. The molecule has 0 aliphatic heterocycles. The first-order valence-corrected chi connectivity index (χ1v) is 5.96. The maximum Gasteiger partial charge on any atom is 0.295 e. The molecule has 0 aliphatic rings. The van der Waals surface area contributed by atoms with E-state index in [1.54, 1.807) is 29.8 Å². The molecule has 0 unspecified atom stereocenters. The van der Waals surface area contributed by atoms with Crippen LogP contribution >= 0.6 is 0 Å². The summed E-state index contributed by atoms with van der Waals surface area (Å²) >= 11 is 0. The third kappa shape index (κ3) is 2.73. The summed E-state index contributed by atoms with van der Waals surface area (Å²) in [6, 6.07) is 5.26. The van der Waals surface area contributed by atoms with Gasteiger partial charge in [0.15, 0.2) is 0 Å². The summed E-state index contributed by atoms with van der Waals surface area (Å²) in [4.78, 5) is 10.7. The van der Waals surface area contributed by atoms with E-state index in [0.29, 0.717) is 17.8 Å². The Bertz CT molecular complexity index is 619. The van der Waals surface area contributed by atoms with Gasteiger partial charge in [-0.25, -0.2) is 0 Å². The van der Waals surface area contributed by atoms with Crippen molar-refractivity contribution in [3.63, 3.8) is 0 Å². The summed E-state index contributed by atoms with van der Waals surface area (Å²) in [5, 5.41) is 18.4. The first-order chi connectivity index (χ1) is 8.99. The van der Waals surface area contributed by atoms with Crippen molar-refractivity contribution in [2.75, 3.05) is 5.32 Å². The molecule has 19 heavy (non-hydrogen) atoms. The second kappa shape index (κ2) is 5.09. The summed E-state index contributed by atoms with van der Waals surface area (Å²) in [5.41, 5.74) is 3.26. The standard InChI is InChI=1S/C13H16N4O2/c1-9-5-4-6-12(13(9)17(18)19)14-7-11-8-16(3)15-10(11)2/h4-6,8,14H,7H2,1-3H3.